The lowest BCUT2D eigenvalue weighted by Crippen LogP contribution is -1.79. The quantitative estimate of drug-likeness (QED) is 0.436. The van der Waals surface area contributed by atoms with Crippen LogP contribution in [0.4, 0.5) is 0 Å². The highest BCUT2D eigenvalue weighted by Gasteiger charge is 1.88. The van der Waals surface area contributed by atoms with Gasteiger partial charge in [0.25, 0.3) is 0 Å². The van der Waals surface area contributed by atoms with Crippen LogP contribution in [-0.4, -0.2) is 5.88 Å². The first-order chi connectivity index (χ1) is 5.16. The largest absolute Gasteiger partial charge is 0.126 e. The van der Waals surface area contributed by atoms with Gasteiger partial charge < -0.3 is 0 Å². The van der Waals surface area contributed by atoms with Gasteiger partial charge in [0.2, 0.25) is 0 Å². The lowest BCUT2D eigenvalue weighted by Gasteiger charge is -1.97. The van der Waals surface area contributed by atoms with E-state index in [0.717, 1.165) is 25.1 Å². The fraction of sp³-hybridized carbons (Fsp3) is 0.600. The van der Waals surface area contributed by atoms with Crippen LogP contribution in [-0.2, 0) is 0 Å². The SMILES string of the molecule is C=C(C)CC/C=C(\C)CCCl. The van der Waals surface area contributed by atoms with Crippen molar-refractivity contribution in [1.29, 1.82) is 0 Å². The summed E-state index contributed by atoms with van der Waals surface area (Å²) in [5, 5.41) is 0. The number of halogens is 1. The lowest BCUT2D eigenvalue weighted by molar-refractivity contribution is 0.956. The molecule has 0 fully saturated rings. The molecule has 0 nitrogen and oxygen atoms in total. The highest BCUT2D eigenvalue weighted by molar-refractivity contribution is 6.17. The van der Waals surface area contributed by atoms with Crippen LogP contribution in [0.1, 0.15) is 33.1 Å². The van der Waals surface area contributed by atoms with Crippen LogP contribution in [0.2, 0.25) is 0 Å². The first-order valence-corrected chi connectivity index (χ1v) is 4.56. The molecule has 0 heterocycles. The van der Waals surface area contributed by atoms with E-state index in [0.29, 0.717) is 0 Å². The lowest BCUT2D eigenvalue weighted by atomic mass is 10.1. The summed E-state index contributed by atoms with van der Waals surface area (Å²) in [7, 11) is 0. The molecule has 0 radical (unpaired) electrons. The summed E-state index contributed by atoms with van der Waals surface area (Å²) in [5.41, 5.74) is 2.64. The predicted octanol–water partition coefficient (Wildman–Crippen LogP) is 3.92. The van der Waals surface area contributed by atoms with Gasteiger partial charge >= 0.3 is 0 Å². The van der Waals surface area contributed by atoms with Crippen molar-refractivity contribution >= 4 is 11.6 Å². The minimum atomic E-state index is 0.732. The first kappa shape index (κ1) is 10.8. The summed E-state index contributed by atoms with van der Waals surface area (Å²) in [6.07, 6.45) is 5.46. The van der Waals surface area contributed by atoms with Gasteiger partial charge in [0.05, 0.1) is 0 Å². The molecule has 0 saturated heterocycles. The van der Waals surface area contributed by atoms with E-state index in [1.54, 1.807) is 0 Å². The van der Waals surface area contributed by atoms with Gasteiger partial charge in [-0.3, -0.25) is 0 Å². The maximum absolute atomic E-state index is 5.58. The van der Waals surface area contributed by atoms with Gasteiger partial charge in [-0.2, -0.15) is 0 Å². The van der Waals surface area contributed by atoms with Crippen molar-refractivity contribution in [2.75, 3.05) is 5.88 Å². The Balaban J connectivity index is 3.47. The highest BCUT2D eigenvalue weighted by Crippen LogP contribution is 2.07. The second-order valence-electron chi connectivity index (χ2n) is 2.99. The van der Waals surface area contributed by atoms with Crippen LogP contribution < -0.4 is 0 Å². The van der Waals surface area contributed by atoms with Gasteiger partial charge in [-0.05, 0) is 33.1 Å². The van der Waals surface area contributed by atoms with E-state index in [-0.39, 0.29) is 0 Å². The van der Waals surface area contributed by atoms with Crippen LogP contribution in [0, 0.1) is 0 Å². The van der Waals surface area contributed by atoms with Crippen molar-refractivity contribution < 1.29 is 0 Å². The second-order valence-corrected chi connectivity index (χ2v) is 3.36. The molecule has 0 aliphatic carbocycles. The molecule has 0 atom stereocenters. The van der Waals surface area contributed by atoms with Crippen LogP contribution in [0.25, 0.3) is 0 Å². The smallest absolute Gasteiger partial charge is 0.0260 e. The van der Waals surface area contributed by atoms with E-state index in [1.165, 1.54) is 11.1 Å². The topological polar surface area (TPSA) is 0 Å². The van der Waals surface area contributed by atoms with Gasteiger partial charge in [0.15, 0.2) is 0 Å². The molecular formula is C10H17Cl. The molecular weight excluding hydrogens is 156 g/mol. The molecule has 0 aromatic heterocycles. The Morgan fingerprint density at radius 3 is 2.45 bits per heavy atom. The Hall–Kier alpha value is -0.230. The maximum atomic E-state index is 5.58. The summed E-state index contributed by atoms with van der Waals surface area (Å²) >= 11 is 5.58. The molecule has 1 heteroatoms. The Morgan fingerprint density at radius 2 is 2.00 bits per heavy atom. The fourth-order valence-corrected chi connectivity index (χ4v) is 1.11. The van der Waals surface area contributed by atoms with Crippen molar-refractivity contribution in [3.8, 4) is 0 Å². The van der Waals surface area contributed by atoms with Gasteiger partial charge in [0, 0.05) is 5.88 Å². The molecule has 0 aromatic rings. The summed E-state index contributed by atoms with van der Waals surface area (Å²) in [4.78, 5) is 0. The Labute approximate surface area is 74.9 Å². The molecule has 0 aromatic carbocycles. The van der Waals surface area contributed by atoms with E-state index in [9.17, 15) is 0 Å². The van der Waals surface area contributed by atoms with Crippen molar-refractivity contribution in [1.82, 2.24) is 0 Å². The van der Waals surface area contributed by atoms with Crippen molar-refractivity contribution in [3.05, 3.63) is 23.8 Å². The minimum absolute atomic E-state index is 0.732. The Morgan fingerprint density at radius 1 is 1.36 bits per heavy atom. The number of alkyl halides is 1. The number of allylic oxidation sites excluding steroid dienone is 3. The van der Waals surface area contributed by atoms with Crippen LogP contribution in [0.15, 0.2) is 23.8 Å². The van der Waals surface area contributed by atoms with Gasteiger partial charge in [-0.25, -0.2) is 0 Å². The third kappa shape index (κ3) is 7.67. The standard InChI is InChI=1S/C10H17Cl/c1-9(2)5-4-6-10(3)7-8-11/h6H,1,4-5,7-8H2,2-3H3/b10-6+. The van der Waals surface area contributed by atoms with E-state index < -0.39 is 0 Å². The molecule has 0 unspecified atom stereocenters. The Kier molecular flexibility index (Phi) is 6.34. The van der Waals surface area contributed by atoms with E-state index in [1.807, 2.05) is 0 Å². The average molecular weight is 173 g/mol. The molecule has 0 aliphatic heterocycles. The molecule has 0 bridgehead atoms. The molecule has 64 valence electrons. The predicted molar refractivity (Wildman–Crippen MR) is 53.1 cm³/mol. The molecule has 0 aliphatic rings. The highest BCUT2D eigenvalue weighted by atomic mass is 35.5. The van der Waals surface area contributed by atoms with Gasteiger partial charge in [-0.15, -0.1) is 18.2 Å². The average Bonchev–Trinajstić information content (AvgIpc) is 1.87. The summed E-state index contributed by atoms with van der Waals surface area (Å²) in [6.45, 7) is 8.03. The zero-order valence-electron chi connectivity index (χ0n) is 7.49. The monoisotopic (exact) mass is 172 g/mol. The molecule has 0 amide bonds. The van der Waals surface area contributed by atoms with Gasteiger partial charge in [-0.1, -0.05) is 17.2 Å². The van der Waals surface area contributed by atoms with Crippen molar-refractivity contribution in [2.24, 2.45) is 0 Å². The van der Waals surface area contributed by atoms with Crippen molar-refractivity contribution in [3.63, 3.8) is 0 Å². The van der Waals surface area contributed by atoms with Gasteiger partial charge in [0.1, 0.15) is 0 Å². The van der Waals surface area contributed by atoms with E-state index in [4.69, 9.17) is 11.6 Å². The van der Waals surface area contributed by atoms with Crippen LogP contribution in [0.5, 0.6) is 0 Å². The van der Waals surface area contributed by atoms with E-state index >= 15 is 0 Å². The molecule has 0 rings (SSSR count). The molecule has 0 N–H and O–H groups in total. The third-order valence-corrected chi connectivity index (χ3v) is 1.74. The summed E-state index contributed by atoms with van der Waals surface area (Å²) in [5.74, 6) is 0.732. The molecule has 0 spiro atoms. The van der Waals surface area contributed by atoms with E-state index in [2.05, 4.69) is 26.5 Å². The number of rotatable bonds is 5. The number of hydrogen-bond acceptors (Lipinski definition) is 0. The van der Waals surface area contributed by atoms with Crippen LogP contribution in [0.3, 0.4) is 0 Å². The fourth-order valence-electron chi connectivity index (χ4n) is 0.816. The normalized spacial score (nSPS) is 11.7. The third-order valence-electron chi connectivity index (χ3n) is 1.55. The summed E-state index contributed by atoms with van der Waals surface area (Å²) < 4.78 is 0. The van der Waals surface area contributed by atoms with Crippen LogP contribution >= 0.6 is 11.6 Å². The zero-order chi connectivity index (χ0) is 8.69. The zero-order valence-corrected chi connectivity index (χ0v) is 8.25. The second kappa shape index (κ2) is 6.48. The minimum Gasteiger partial charge on any atom is -0.126 e. The summed E-state index contributed by atoms with van der Waals surface area (Å²) in [6, 6.07) is 0. The maximum Gasteiger partial charge on any atom is 0.0260 e. The Bertz CT molecular complexity index is 145. The number of hydrogen-bond donors (Lipinski definition) is 0. The molecule has 0 saturated carbocycles. The molecule has 11 heavy (non-hydrogen) atoms. The first-order valence-electron chi connectivity index (χ1n) is 4.02. The van der Waals surface area contributed by atoms with Crippen molar-refractivity contribution in [2.45, 2.75) is 33.1 Å².